The monoisotopic (exact) mass is 689 g/mol. The lowest BCUT2D eigenvalue weighted by molar-refractivity contribution is -0.184. The van der Waals surface area contributed by atoms with Crippen molar-refractivity contribution < 1.29 is 42.7 Å². The molecule has 1 aromatic heterocycles. The molecule has 0 bridgehead atoms. The third-order valence-electron chi connectivity index (χ3n) is 7.73. The average Bonchev–Trinajstić information content (AvgIpc) is 3.28. The quantitative estimate of drug-likeness (QED) is 0.0881. The van der Waals surface area contributed by atoms with E-state index in [9.17, 15) is 19.5 Å². The van der Waals surface area contributed by atoms with Gasteiger partial charge in [0.2, 0.25) is 5.71 Å². The predicted molar refractivity (Wildman–Crippen MR) is 182 cm³/mol. The number of nitrogens with one attached hydrogen (secondary N) is 1. The highest BCUT2D eigenvalue weighted by Crippen LogP contribution is 2.39. The number of carbonyl (C=O) groups is 3. The van der Waals surface area contributed by atoms with Crippen molar-refractivity contribution in [3.8, 4) is 0 Å². The largest absolute Gasteiger partial charge is 0.476 e. The highest BCUT2D eigenvalue weighted by Gasteiger charge is 2.50. The zero-order chi connectivity index (χ0) is 35.2. The minimum atomic E-state index is -2.45. The number of aromatic nitrogens is 1. The van der Waals surface area contributed by atoms with E-state index in [1.165, 1.54) is 5.38 Å². The number of oxime groups is 1. The molecule has 0 aliphatic rings. The van der Waals surface area contributed by atoms with Crippen LogP contribution in [0.2, 0.25) is 36.3 Å². The van der Waals surface area contributed by atoms with Gasteiger partial charge in [0.15, 0.2) is 21.8 Å². The highest BCUT2D eigenvalue weighted by atomic mass is 32.1. The second kappa shape index (κ2) is 15.0. The Morgan fingerprint density at radius 2 is 1.42 bits per heavy atom. The number of hydrogen-bond donors (Lipinski definition) is 2. The first-order valence-electron chi connectivity index (χ1n) is 15.0. The van der Waals surface area contributed by atoms with Crippen LogP contribution in [-0.2, 0) is 32.8 Å². The molecule has 0 atom stereocenters. The first kappa shape index (κ1) is 40.7. The van der Waals surface area contributed by atoms with Crippen molar-refractivity contribution in [2.24, 2.45) is 11.1 Å². The van der Waals surface area contributed by atoms with Gasteiger partial charge in [-0.1, -0.05) is 60.5 Å². The van der Waals surface area contributed by atoms with Crippen molar-refractivity contribution in [2.45, 2.75) is 124 Å². The van der Waals surface area contributed by atoms with Crippen LogP contribution in [0, 0.1) is 5.92 Å². The Labute approximate surface area is 274 Å². The molecular weight excluding hydrogens is 635 g/mol. The molecule has 1 heterocycles. The minimum absolute atomic E-state index is 0.0262. The number of carboxylic acids is 1. The molecule has 0 saturated carbocycles. The number of carbonyl (C=O) groups excluding carboxylic acids is 2. The Morgan fingerprint density at radius 3 is 1.82 bits per heavy atom. The molecule has 15 heteroatoms. The first-order valence-corrected chi connectivity index (χ1v) is 21.7. The summed E-state index contributed by atoms with van der Waals surface area (Å²) in [6.45, 7) is 29.1. The Kier molecular flexibility index (Phi) is 13.6. The van der Waals surface area contributed by atoms with Crippen molar-refractivity contribution >= 4 is 56.8 Å². The number of carboxylic acid groups (broad SMARTS) is 1. The number of esters is 1. The second-order valence-electron chi connectivity index (χ2n) is 15.6. The summed E-state index contributed by atoms with van der Waals surface area (Å²) in [6.07, 6.45) is -0.745. The molecule has 0 aliphatic heterocycles. The van der Waals surface area contributed by atoms with Gasteiger partial charge in [-0.25, -0.2) is 19.4 Å². The van der Waals surface area contributed by atoms with Crippen molar-refractivity contribution in [1.29, 1.82) is 0 Å². The summed E-state index contributed by atoms with van der Waals surface area (Å²) < 4.78 is 23.9. The maximum atomic E-state index is 13.9. The fraction of sp³-hybridized carbons (Fsp3) is 0.767. The van der Waals surface area contributed by atoms with E-state index in [1.807, 2.05) is 40.0 Å². The molecule has 12 nitrogen and oxygen atoms in total. The minimum Gasteiger partial charge on any atom is -0.476 e. The van der Waals surface area contributed by atoms with Crippen LogP contribution in [0.15, 0.2) is 10.5 Å². The predicted octanol–water partition coefficient (Wildman–Crippen LogP) is 7.28. The number of rotatable bonds is 14. The molecule has 1 amide bonds. The molecule has 0 aromatic carbocycles. The third kappa shape index (κ3) is 12.4. The maximum absolute atomic E-state index is 13.9. The van der Waals surface area contributed by atoms with E-state index < -0.39 is 51.6 Å². The zero-order valence-corrected chi connectivity index (χ0v) is 32.6. The SMILES string of the molecule is CC(C)COC(=O)C(CO[Si](C)(C)C(C)(C)C)(CO[Si](C)(C)C(C)(C)C)O/N=C(\C(=O)O)c1csc(NC(=O)OC(C)(C)C)n1. The van der Waals surface area contributed by atoms with Gasteiger partial charge in [0.05, 0.1) is 19.8 Å². The van der Waals surface area contributed by atoms with Crippen LogP contribution in [0.4, 0.5) is 9.93 Å². The van der Waals surface area contributed by atoms with E-state index in [0.717, 1.165) is 11.3 Å². The zero-order valence-electron chi connectivity index (χ0n) is 29.8. The number of thiazole rings is 1. The normalized spacial score (nSPS) is 13.9. The summed E-state index contributed by atoms with van der Waals surface area (Å²) >= 11 is 0.981. The average molecular weight is 690 g/mol. The number of anilines is 1. The van der Waals surface area contributed by atoms with Gasteiger partial charge in [-0.2, -0.15) is 0 Å². The second-order valence-corrected chi connectivity index (χ2v) is 26.1. The number of amides is 1. The van der Waals surface area contributed by atoms with Crippen molar-refractivity contribution in [3.05, 3.63) is 11.1 Å². The van der Waals surface area contributed by atoms with Gasteiger partial charge < -0.3 is 28.3 Å². The maximum Gasteiger partial charge on any atom is 0.413 e. The van der Waals surface area contributed by atoms with Gasteiger partial charge in [-0.3, -0.25) is 5.32 Å². The van der Waals surface area contributed by atoms with Gasteiger partial charge in [-0.15, -0.1) is 11.3 Å². The molecule has 0 radical (unpaired) electrons. The lowest BCUT2D eigenvalue weighted by atomic mass is 10.1. The lowest BCUT2D eigenvalue weighted by Crippen LogP contribution is -2.56. The van der Waals surface area contributed by atoms with Crippen LogP contribution in [0.5, 0.6) is 0 Å². The molecule has 0 fully saturated rings. The van der Waals surface area contributed by atoms with Gasteiger partial charge in [-0.05, 0) is 63.0 Å². The Bertz CT molecular complexity index is 1180. The van der Waals surface area contributed by atoms with Gasteiger partial charge in [0.25, 0.3) is 5.60 Å². The summed E-state index contributed by atoms with van der Waals surface area (Å²) in [6, 6.07) is 0. The van der Waals surface area contributed by atoms with Crippen LogP contribution in [-0.4, -0.2) is 81.5 Å². The van der Waals surface area contributed by atoms with Gasteiger partial charge >= 0.3 is 18.0 Å². The number of aliphatic carboxylic acids is 1. The van der Waals surface area contributed by atoms with E-state index >= 15 is 0 Å². The van der Waals surface area contributed by atoms with E-state index in [1.54, 1.807) is 20.8 Å². The van der Waals surface area contributed by atoms with E-state index in [4.69, 9.17) is 23.2 Å². The molecular formula is C30H55N3O9SSi2. The summed E-state index contributed by atoms with van der Waals surface area (Å²) in [4.78, 5) is 48.7. The van der Waals surface area contributed by atoms with Crippen LogP contribution >= 0.6 is 11.3 Å². The number of nitrogens with zero attached hydrogens (tertiary/aromatic N) is 2. The van der Waals surface area contributed by atoms with Gasteiger partial charge in [0, 0.05) is 5.38 Å². The number of hydrogen-bond acceptors (Lipinski definition) is 11. The molecule has 0 saturated heterocycles. The van der Waals surface area contributed by atoms with Crippen LogP contribution < -0.4 is 5.32 Å². The van der Waals surface area contributed by atoms with Gasteiger partial charge in [0.1, 0.15) is 11.3 Å². The number of ether oxygens (including phenoxy) is 2. The van der Waals surface area contributed by atoms with Crippen molar-refractivity contribution in [1.82, 2.24) is 4.98 Å². The van der Waals surface area contributed by atoms with Crippen molar-refractivity contribution in [3.63, 3.8) is 0 Å². The summed E-state index contributed by atoms with van der Waals surface area (Å²) in [5.74, 6) is -2.20. The standard InChI is InChI=1S/C30H55N3O9SSi2/c1-20(2)16-38-24(36)30(18-39-44(12,13)28(6,7)8,19-40-45(14,15)29(9,10)11)42-33-22(23(34)35)21-17-43-25(31-21)32-26(37)41-27(3,4)5/h17,20H,16,18-19H2,1-15H3,(H,34,35)(H,31,32,37)/b33-22-. The highest BCUT2D eigenvalue weighted by molar-refractivity contribution is 7.14. The van der Waals surface area contributed by atoms with E-state index in [-0.39, 0.29) is 46.6 Å². The lowest BCUT2D eigenvalue weighted by Gasteiger charge is -2.41. The summed E-state index contributed by atoms with van der Waals surface area (Å²) in [5.41, 5.74) is -3.32. The topological polar surface area (TPSA) is 155 Å². The third-order valence-corrected chi connectivity index (χ3v) is 17.4. The Hall–Kier alpha value is -2.34. The molecule has 2 N–H and O–H groups in total. The van der Waals surface area contributed by atoms with Crippen LogP contribution in [0.1, 0.15) is 81.9 Å². The van der Waals surface area contributed by atoms with Crippen LogP contribution in [0.25, 0.3) is 0 Å². The fourth-order valence-corrected chi connectivity index (χ4v) is 5.54. The summed E-state index contributed by atoms with van der Waals surface area (Å²) in [5, 5.41) is 17.7. The first-order chi connectivity index (χ1) is 20.1. The molecule has 1 rings (SSSR count). The van der Waals surface area contributed by atoms with E-state index in [2.05, 4.69) is 57.0 Å². The molecule has 1 aromatic rings. The molecule has 258 valence electrons. The molecule has 45 heavy (non-hydrogen) atoms. The van der Waals surface area contributed by atoms with Crippen LogP contribution in [0.3, 0.4) is 0 Å². The molecule has 0 aliphatic carbocycles. The Balaban J connectivity index is 3.66. The smallest absolute Gasteiger partial charge is 0.413 e. The van der Waals surface area contributed by atoms with Crippen molar-refractivity contribution in [2.75, 3.05) is 25.1 Å². The molecule has 0 spiro atoms. The Morgan fingerprint density at radius 1 is 0.933 bits per heavy atom. The van der Waals surface area contributed by atoms with E-state index in [0.29, 0.717) is 0 Å². The summed E-state index contributed by atoms with van der Waals surface area (Å²) in [7, 11) is -4.90. The molecule has 0 unspecified atom stereocenters. The fourth-order valence-electron chi connectivity index (χ4n) is 2.81.